The molecule has 2 saturated heterocycles. The Bertz CT molecular complexity index is 431. The summed E-state index contributed by atoms with van der Waals surface area (Å²) >= 11 is 0. The van der Waals surface area contributed by atoms with E-state index in [2.05, 4.69) is 41.4 Å². The summed E-state index contributed by atoms with van der Waals surface area (Å²) in [6.07, 6.45) is 5.17. The quantitative estimate of drug-likeness (QED) is 0.892. The predicted molar refractivity (Wildman–Crippen MR) is 82.3 cm³/mol. The summed E-state index contributed by atoms with van der Waals surface area (Å²) in [5.74, 6) is 0.937. The fourth-order valence-electron chi connectivity index (χ4n) is 3.82. The van der Waals surface area contributed by atoms with Crippen LogP contribution < -0.4 is 10.1 Å². The Labute approximate surface area is 122 Å². The van der Waals surface area contributed by atoms with Crippen LogP contribution in [0.2, 0.25) is 0 Å². The second-order valence-corrected chi connectivity index (χ2v) is 6.26. The molecule has 0 amide bonds. The summed E-state index contributed by atoms with van der Waals surface area (Å²) in [4.78, 5) is 2.66. The molecule has 0 radical (unpaired) electrons. The summed E-state index contributed by atoms with van der Waals surface area (Å²) in [6, 6.07) is 10.5. The van der Waals surface area contributed by atoms with Crippen molar-refractivity contribution in [3.05, 3.63) is 29.8 Å². The molecule has 2 aliphatic heterocycles. The fraction of sp³-hybridized carbons (Fsp3) is 0.647. The first kappa shape index (κ1) is 13.9. The summed E-state index contributed by atoms with van der Waals surface area (Å²) in [6.45, 7) is 4.91. The van der Waals surface area contributed by atoms with E-state index in [1.54, 1.807) is 7.11 Å². The minimum Gasteiger partial charge on any atom is -0.497 e. The maximum absolute atomic E-state index is 5.21. The molecule has 1 aromatic carbocycles. The highest BCUT2D eigenvalue weighted by molar-refractivity contribution is 5.27. The zero-order chi connectivity index (χ0) is 13.9. The Balaban J connectivity index is 1.52. The van der Waals surface area contributed by atoms with Gasteiger partial charge in [-0.25, -0.2) is 0 Å². The summed E-state index contributed by atoms with van der Waals surface area (Å²) in [5, 5.41) is 3.85. The average Bonchev–Trinajstić information content (AvgIpc) is 3.05. The van der Waals surface area contributed by atoms with Crippen LogP contribution in [0.3, 0.4) is 0 Å². The number of nitrogens with zero attached hydrogens (tertiary/aromatic N) is 1. The third kappa shape index (κ3) is 2.99. The fourth-order valence-corrected chi connectivity index (χ4v) is 3.82. The van der Waals surface area contributed by atoms with Crippen molar-refractivity contribution in [1.29, 1.82) is 0 Å². The Morgan fingerprint density at radius 2 is 2.05 bits per heavy atom. The van der Waals surface area contributed by atoms with E-state index in [1.165, 1.54) is 37.9 Å². The van der Waals surface area contributed by atoms with Crippen molar-refractivity contribution in [3.8, 4) is 5.75 Å². The summed E-state index contributed by atoms with van der Waals surface area (Å²) in [5.41, 5.74) is 1.38. The predicted octanol–water partition coefficient (Wildman–Crippen LogP) is 2.45. The van der Waals surface area contributed by atoms with Crippen LogP contribution in [-0.4, -0.2) is 43.2 Å². The van der Waals surface area contributed by atoms with Crippen molar-refractivity contribution < 1.29 is 4.74 Å². The first-order valence-corrected chi connectivity index (χ1v) is 7.89. The molecular weight excluding hydrogens is 248 g/mol. The van der Waals surface area contributed by atoms with E-state index in [9.17, 15) is 0 Å². The van der Waals surface area contributed by atoms with Crippen LogP contribution in [0.15, 0.2) is 24.3 Å². The first-order chi connectivity index (χ1) is 9.76. The van der Waals surface area contributed by atoms with Crippen molar-refractivity contribution in [2.75, 3.05) is 20.2 Å². The molecule has 0 saturated carbocycles. The van der Waals surface area contributed by atoms with Crippen LogP contribution in [0, 0.1) is 0 Å². The second-order valence-electron chi connectivity index (χ2n) is 6.26. The largest absolute Gasteiger partial charge is 0.497 e. The van der Waals surface area contributed by atoms with Crippen LogP contribution in [-0.2, 0) is 6.42 Å². The number of nitrogens with one attached hydrogen (secondary N) is 1. The normalized spacial score (nSPS) is 27.5. The van der Waals surface area contributed by atoms with Crippen LogP contribution in [0.25, 0.3) is 0 Å². The molecule has 3 unspecified atom stereocenters. The van der Waals surface area contributed by atoms with Gasteiger partial charge in [-0.1, -0.05) is 12.1 Å². The highest BCUT2D eigenvalue weighted by Gasteiger charge is 2.37. The van der Waals surface area contributed by atoms with Crippen LogP contribution in [0.4, 0.5) is 0 Å². The molecule has 2 aliphatic rings. The van der Waals surface area contributed by atoms with Gasteiger partial charge in [0.1, 0.15) is 5.75 Å². The molecule has 1 N–H and O–H groups in total. The number of benzene rings is 1. The van der Waals surface area contributed by atoms with Gasteiger partial charge >= 0.3 is 0 Å². The average molecular weight is 274 g/mol. The van der Waals surface area contributed by atoms with Gasteiger partial charge in [0, 0.05) is 24.7 Å². The lowest BCUT2D eigenvalue weighted by Gasteiger charge is -2.25. The number of fused-ring (bicyclic) bond motifs is 1. The van der Waals surface area contributed by atoms with Gasteiger partial charge < -0.3 is 10.1 Å². The monoisotopic (exact) mass is 274 g/mol. The van der Waals surface area contributed by atoms with Crippen LogP contribution >= 0.6 is 0 Å². The van der Waals surface area contributed by atoms with Crippen molar-refractivity contribution in [2.45, 2.75) is 50.7 Å². The van der Waals surface area contributed by atoms with E-state index in [1.807, 2.05) is 0 Å². The molecule has 2 heterocycles. The number of ether oxygens (including phenoxy) is 1. The molecule has 110 valence electrons. The van der Waals surface area contributed by atoms with E-state index in [-0.39, 0.29) is 0 Å². The first-order valence-electron chi connectivity index (χ1n) is 7.89. The van der Waals surface area contributed by atoms with Crippen LogP contribution in [0.5, 0.6) is 5.75 Å². The highest BCUT2D eigenvalue weighted by Crippen LogP contribution is 2.28. The molecule has 0 bridgehead atoms. The van der Waals surface area contributed by atoms with E-state index >= 15 is 0 Å². The molecule has 1 aromatic rings. The third-order valence-corrected chi connectivity index (χ3v) is 4.81. The molecule has 0 aromatic heterocycles. The van der Waals surface area contributed by atoms with E-state index < -0.39 is 0 Å². The van der Waals surface area contributed by atoms with Gasteiger partial charge in [-0.05, 0) is 56.8 Å². The lowest BCUT2D eigenvalue weighted by atomic mass is 10.0. The molecule has 20 heavy (non-hydrogen) atoms. The molecule has 3 atom stereocenters. The lowest BCUT2D eigenvalue weighted by Crippen LogP contribution is -2.44. The second kappa shape index (κ2) is 6.15. The van der Waals surface area contributed by atoms with Crippen molar-refractivity contribution in [1.82, 2.24) is 10.2 Å². The van der Waals surface area contributed by atoms with Gasteiger partial charge in [0.25, 0.3) is 0 Å². The maximum atomic E-state index is 5.21. The minimum absolute atomic E-state index is 0.536. The van der Waals surface area contributed by atoms with Gasteiger partial charge in [-0.15, -0.1) is 0 Å². The molecule has 3 heteroatoms. The maximum Gasteiger partial charge on any atom is 0.118 e. The SMILES string of the molecule is COc1ccc(CC(C)NC2CCN3CCCC23)cc1. The van der Waals surface area contributed by atoms with Crippen molar-refractivity contribution in [2.24, 2.45) is 0 Å². The third-order valence-electron chi connectivity index (χ3n) is 4.81. The number of hydrogen-bond donors (Lipinski definition) is 1. The zero-order valence-electron chi connectivity index (χ0n) is 12.6. The lowest BCUT2D eigenvalue weighted by molar-refractivity contribution is 0.290. The van der Waals surface area contributed by atoms with Gasteiger partial charge in [-0.2, -0.15) is 0 Å². The van der Waals surface area contributed by atoms with Gasteiger partial charge in [0.05, 0.1) is 7.11 Å². The number of methoxy groups -OCH3 is 1. The van der Waals surface area contributed by atoms with E-state index in [0.717, 1.165) is 18.2 Å². The molecular formula is C17H26N2O. The molecule has 3 nitrogen and oxygen atoms in total. The molecule has 0 aliphatic carbocycles. The van der Waals surface area contributed by atoms with E-state index in [4.69, 9.17) is 4.74 Å². The Hall–Kier alpha value is -1.06. The number of hydrogen-bond acceptors (Lipinski definition) is 3. The smallest absolute Gasteiger partial charge is 0.118 e. The van der Waals surface area contributed by atoms with Crippen LogP contribution in [0.1, 0.15) is 31.7 Å². The van der Waals surface area contributed by atoms with E-state index in [0.29, 0.717) is 12.1 Å². The summed E-state index contributed by atoms with van der Waals surface area (Å²) in [7, 11) is 1.71. The Morgan fingerprint density at radius 3 is 2.80 bits per heavy atom. The van der Waals surface area contributed by atoms with Gasteiger partial charge in [0.2, 0.25) is 0 Å². The topological polar surface area (TPSA) is 24.5 Å². The standard InChI is InChI=1S/C17H26N2O/c1-13(12-14-5-7-15(20-2)8-6-14)18-16-9-11-19-10-3-4-17(16)19/h5-8,13,16-18H,3-4,9-12H2,1-2H3. The van der Waals surface area contributed by atoms with Crippen molar-refractivity contribution >= 4 is 0 Å². The Kier molecular flexibility index (Phi) is 4.27. The molecule has 0 spiro atoms. The Morgan fingerprint density at radius 1 is 1.25 bits per heavy atom. The summed E-state index contributed by atoms with van der Waals surface area (Å²) < 4.78 is 5.21. The van der Waals surface area contributed by atoms with Gasteiger partial charge in [0.15, 0.2) is 0 Å². The minimum atomic E-state index is 0.536. The van der Waals surface area contributed by atoms with Crippen molar-refractivity contribution in [3.63, 3.8) is 0 Å². The highest BCUT2D eigenvalue weighted by atomic mass is 16.5. The zero-order valence-corrected chi connectivity index (χ0v) is 12.6. The van der Waals surface area contributed by atoms with Gasteiger partial charge in [-0.3, -0.25) is 4.90 Å². The molecule has 3 rings (SSSR count). The number of rotatable bonds is 5. The molecule has 2 fully saturated rings.